The first-order valence-electron chi connectivity index (χ1n) is 6.46. The molecule has 0 bridgehead atoms. The molecule has 17 heavy (non-hydrogen) atoms. The fourth-order valence-electron chi connectivity index (χ4n) is 1.56. The minimum Gasteiger partial charge on any atom is -0.299 e. The van der Waals surface area contributed by atoms with E-state index in [2.05, 4.69) is 0 Å². The van der Waals surface area contributed by atoms with Gasteiger partial charge in [0.1, 0.15) is 11.6 Å². The van der Waals surface area contributed by atoms with Crippen molar-refractivity contribution in [3.63, 3.8) is 0 Å². The van der Waals surface area contributed by atoms with Crippen molar-refractivity contribution in [3.05, 3.63) is 24.3 Å². The minimum absolute atomic E-state index is 0.0885. The summed E-state index contributed by atoms with van der Waals surface area (Å²) in [7, 11) is 0. The van der Waals surface area contributed by atoms with Gasteiger partial charge in [-0.2, -0.15) is 0 Å². The second-order valence-corrected chi connectivity index (χ2v) is 4.18. The van der Waals surface area contributed by atoms with E-state index in [0.29, 0.717) is 12.8 Å². The van der Waals surface area contributed by atoms with Gasteiger partial charge in [0.05, 0.1) is 6.42 Å². The largest absolute Gasteiger partial charge is 0.299 e. The van der Waals surface area contributed by atoms with E-state index in [1.54, 1.807) is 0 Å². The third kappa shape index (κ3) is 11.1. The van der Waals surface area contributed by atoms with Crippen LogP contribution in [0.4, 0.5) is 0 Å². The number of carbonyl (C=O) groups is 2. The standard InChI is InChI=1S/C15H24O2/c1-3-5-7-9-11-14(16)13-15(17)12-10-8-6-4-2/h3-6H,7-13H2,1-2H3. The minimum atomic E-state index is 0.0885. The van der Waals surface area contributed by atoms with Crippen molar-refractivity contribution in [3.8, 4) is 0 Å². The summed E-state index contributed by atoms with van der Waals surface area (Å²) in [6, 6.07) is 0. The molecule has 0 N–H and O–H groups in total. The quantitative estimate of drug-likeness (QED) is 0.326. The van der Waals surface area contributed by atoms with Gasteiger partial charge in [-0.25, -0.2) is 0 Å². The van der Waals surface area contributed by atoms with Crippen LogP contribution in [0.25, 0.3) is 0 Å². The fourth-order valence-corrected chi connectivity index (χ4v) is 1.56. The Morgan fingerprint density at radius 3 is 1.59 bits per heavy atom. The predicted molar refractivity (Wildman–Crippen MR) is 72.0 cm³/mol. The zero-order chi connectivity index (χ0) is 12.9. The van der Waals surface area contributed by atoms with E-state index in [0.717, 1.165) is 25.7 Å². The van der Waals surface area contributed by atoms with Gasteiger partial charge in [-0.15, -0.1) is 0 Å². The molecule has 0 spiro atoms. The fraction of sp³-hybridized carbons (Fsp3) is 0.600. The second-order valence-electron chi connectivity index (χ2n) is 4.18. The van der Waals surface area contributed by atoms with Gasteiger partial charge in [-0.1, -0.05) is 24.3 Å². The predicted octanol–water partition coefficient (Wildman–Crippen LogP) is 4.01. The van der Waals surface area contributed by atoms with Crippen molar-refractivity contribution in [2.75, 3.05) is 0 Å². The normalized spacial score (nSPS) is 11.4. The first-order chi connectivity index (χ1) is 8.20. The number of hydrogen-bond acceptors (Lipinski definition) is 2. The van der Waals surface area contributed by atoms with E-state index in [9.17, 15) is 9.59 Å². The van der Waals surface area contributed by atoms with Crippen molar-refractivity contribution in [2.24, 2.45) is 0 Å². The van der Waals surface area contributed by atoms with Gasteiger partial charge in [-0.05, 0) is 39.5 Å². The summed E-state index contributed by atoms with van der Waals surface area (Å²) >= 11 is 0. The monoisotopic (exact) mass is 236 g/mol. The van der Waals surface area contributed by atoms with Crippen molar-refractivity contribution in [2.45, 2.75) is 58.8 Å². The Hall–Kier alpha value is -1.18. The number of Topliss-reactive ketones (excluding diaryl/α,β-unsaturated/α-hetero) is 2. The third-order valence-electron chi connectivity index (χ3n) is 2.52. The van der Waals surface area contributed by atoms with Crippen LogP contribution in [-0.2, 0) is 9.59 Å². The number of ketones is 2. The van der Waals surface area contributed by atoms with Gasteiger partial charge in [0, 0.05) is 12.8 Å². The lowest BCUT2D eigenvalue weighted by molar-refractivity contribution is -0.127. The number of hydrogen-bond donors (Lipinski definition) is 0. The Bertz CT molecular complexity index is 247. The van der Waals surface area contributed by atoms with Crippen LogP contribution in [-0.4, -0.2) is 11.6 Å². The number of allylic oxidation sites excluding steroid dienone is 4. The molecule has 0 fully saturated rings. The molecule has 0 aromatic heterocycles. The van der Waals surface area contributed by atoms with Crippen molar-refractivity contribution in [1.29, 1.82) is 0 Å². The highest BCUT2D eigenvalue weighted by atomic mass is 16.1. The van der Waals surface area contributed by atoms with Crippen LogP contribution in [0.2, 0.25) is 0 Å². The smallest absolute Gasteiger partial charge is 0.140 e. The Balaban J connectivity index is 3.55. The zero-order valence-electron chi connectivity index (χ0n) is 11.1. The Morgan fingerprint density at radius 1 is 0.824 bits per heavy atom. The lowest BCUT2D eigenvalue weighted by Gasteiger charge is -1.99. The van der Waals surface area contributed by atoms with Crippen LogP contribution in [0.15, 0.2) is 24.3 Å². The number of carbonyl (C=O) groups excluding carboxylic acids is 2. The summed E-state index contributed by atoms with van der Waals surface area (Å²) in [5, 5.41) is 0. The second kappa shape index (κ2) is 11.3. The topological polar surface area (TPSA) is 34.1 Å². The molecular formula is C15H24O2. The first kappa shape index (κ1) is 15.8. The lowest BCUT2D eigenvalue weighted by Crippen LogP contribution is -2.07. The van der Waals surface area contributed by atoms with Gasteiger partial charge >= 0.3 is 0 Å². The van der Waals surface area contributed by atoms with Gasteiger partial charge in [-0.3, -0.25) is 9.59 Å². The van der Waals surface area contributed by atoms with Crippen molar-refractivity contribution in [1.82, 2.24) is 0 Å². The molecule has 2 heteroatoms. The molecule has 0 amide bonds. The molecule has 0 radical (unpaired) electrons. The zero-order valence-corrected chi connectivity index (χ0v) is 11.1. The number of rotatable bonds is 10. The summed E-state index contributed by atoms with van der Waals surface area (Å²) in [6.45, 7) is 3.94. The summed E-state index contributed by atoms with van der Waals surface area (Å²) in [6.07, 6.45) is 12.8. The van der Waals surface area contributed by atoms with Crippen LogP contribution < -0.4 is 0 Å². The first-order valence-corrected chi connectivity index (χ1v) is 6.46. The van der Waals surface area contributed by atoms with E-state index in [1.807, 2.05) is 38.2 Å². The lowest BCUT2D eigenvalue weighted by atomic mass is 10.0. The molecule has 0 aliphatic carbocycles. The van der Waals surface area contributed by atoms with E-state index in [-0.39, 0.29) is 18.0 Å². The van der Waals surface area contributed by atoms with Gasteiger partial charge in [0.15, 0.2) is 0 Å². The van der Waals surface area contributed by atoms with Crippen LogP contribution in [0.1, 0.15) is 58.8 Å². The average molecular weight is 236 g/mol. The van der Waals surface area contributed by atoms with E-state index >= 15 is 0 Å². The SMILES string of the molecule is CC=CCCCC(=O)CC(=O)CCCC=CC. The summed E-state index contributed by atoms with van der Waals surface area (Å²) in [4.78, 5) is 22.9. The molecule has 0 heterocycles. The van der Waals surface area contributed by atoms with Gasteiger partial charge in [0.25, 0.3) is 0 Å². The molecule has 0 rings (SSSR count). The van der Waals surface area contributed by atoms with E-state index in [1.165, 1.54) is 0 Å². The van der Waals surface area contributed by atoms with Crippen LogP contribution >= 0.6 is 0 Å². The molecule has 0 saturated carbocycles. The molecule has 0 atom stereocenters. The molecule has 0 saturated heterocycles. The Kier molecular flexibility index (Phi) is 10.5. The summed E-state index contributed by atoms with van der Waals surface area (Å²) < 4.78 is 0. The van der Waals surface area contributed by atoms with Crippen molar-refractivity contribution < 1.29 is 9.59 Å². The van der Waals surface area contributed by atoms with E-state index in [4.69, 9.17) is 0 Å². The highest BCUT2D eigenvalue weighted by molar-refractivity contribution is 5.98. The Morgan fingerprint density at radius 2 is 1.24 bits per heavy atom. The van der Waals surface area contributed by atoms with Crippen LogP contribution in [0.5, 0.6) is 0 Å². The third-order valence-corrected chi connectivity index (χ3v) is 2.52. The van der Waals surface area contributed by atoms with Gasteiger partial charge < -0.3 is 0 Å². The molecule has 0 aliphatic heterocycles. The van der Waals surface area contributed by atoms with Crippen molar-refractivity contribution >= 4 is 11.6 Å². The highest BCUT2D eigenvalue weighted by Crippen LogP contribution is 2.05. The number of unbranched alkanes of at least 4 members (excludes halogenated alkanes) is 2. The molecule has 0 aliphatic rings. The van der Waals surface area contributed by atoms with Crippen LogP contribution in [0, 0.1) is 0 Å². The molecular weight excluding hydrogens is 212 g/mol. The molecule has 96 valence electrons. The average Bonchev–Trinajstić information content (AvgIpc) is 2.30. The van der Waals surface area contributed by atoms with Gasteiger partial charge in [0.2, 0.25) is 0 Å². The Labute approximate surface area is 105 Å². The van der Waals surface area contributed by atoms with E-state index < -0.39 is 0 Å². The molecule has 0 aromatic carbocycles. The molecule has 0 unspecified atom stereocenters. The maximum absolute atomic E-state index is 11.4. The molecule has 0 aromatic rings. The molecule has 2 nitrogen and oxygen atoms in total. The maximum atomic E-state index is 11.4. The summed E-state index contributed by atoms with van der Waals surface area (Å²) in [5.74, 6) is 0.177. The highest BCUT2D eigenvalue weighted by Gasteiger charge is 2.08. The van der Waals surface area contributed by atoms with Crippen LogP contribution in [0.3, 0.4) is 0 Å². The maximum Gasteiger partial charge on any atom is 0.140 e. The summed E-state index contributed by atoms with van der Waals surface area (Å²) in [5.41, 5.74) is 0.